The minimum Gasteiger partial charge on any atom is -0.493 e. The van der Waals surface area contributed by atoms with Crippen LogP contribution in [0, 0.1) is 5.41 Å². The highest BCUT2D eigenvalue weighted by Crippen LogP contribution is 2.28. The van der Waals surface area contributed by atoms with Crippen molar-refractivity contribution in [2.24, 2.45) is 5.41 Å². The van der Waals surface area contributed by atoms with Crippen molar-refractivity contribution in [1.29, 1.82) is 0 Å². The van der Waals surface area contributed by atoms with Gasteiger partial charge in [0.15, 0.2) is 11.5 Å². The number of ether oxygens (including phenoxy) is 2. The zero-order valence-corrected chi connectivity index (χ0v) is 14.9. The van der Waals surface area contributed by atoms with Crippen molar-refractivity contribution in [3.05, 3.63) is 23.8 Å². The van der Waals surface area contributed by atoms with Gasteiger partial charge in [-0.2, -0.15) is 0 Å². The largest absolute Gasteiger partial charge is 0.493 e. The van der Waals surface area contributed by atoms with E-state index in [-0.39, 0.29) is 11.3 Å². The number of carbonyl (C=O) groups excluding carboxylic acids is 1. The molecule has 0 unspecified atom stereocenters. The van der Waals surface area contributed by atoms with Crippen molar-refractivity contribution in [3.63, 3.8) is 0 Å². The van der Waals surface area contributed by atoms with Gasteiger partial charge < -0.3 is 14.4 Å². The first-order chi connectivity index (χ1) is 10.8. The van der Waals surface area contributed by atoms with E-state index in [9.17, 15) is 4.79 Å². The number of benzene rings is 1. The third kappa shape index (κ3) is 4.61. The minimum atomic E-state index is 0.0568. The molecule has 1 aromatic carbocycles. The zero-order valence-electron chi connectivity index (χ0n) is 14.9. The lowest BCUT2D eigenvalue weighted by Gasteiger charge is -2.37. The normalized spacial score (nSPS) is 16.3. The first-order valence-electron chi connectivity index (χ1n) is 8.08. The fourth-order valence-electron chi connectivity index (χ4n) is 2.93. The predicted molar refractivity (Wildman–Crippen MR) is 91.3 cm³/mol. The Morgan fingerprint density at radius 2 is 1.65 bits per heavy atom. The van der Waals surface area contributed by atoms with Gasteiger partial charge in [-0.15, -0.1) is 0 Å². The van der Waals surface area contributed by atoms with Crippen LogP contribution in [-0.4, -0.2) is 62.7 Å². The van der Waals surface area contributed by atoms with Crippen LogP contribution in [0.1, 0.15) is 31.1 Å². The van der Waals surface area contributed by atoms with Gasteiger partial charge in [0.2, 0.25) is 0 Å². The standard InChI is InChI=1S/C18H28N2O3/c1-18(2,3)13-19-8-10-20(11-9-19)17(21)14-6-7-15(22-4)16(12-14)23-5/h6-7,12H,8-11,13H2,1-5H3. The van der Waals surface area contributed by atoms with Crippen molar-refractivity contribution >= 4 is 5.91 Å². The number of nitrogens with zero attached hydrogens (tertiary/aromatic N) is 2. The van der Waals surface area contributed by atoms with E-state index in [0.717, 1.165) is 32.7 Å². The maximum absolute atomic E-state index is 12.7. The van der Waals surface area contributed by atoms with E-state index < -0.39 is 0 Å². The fourth-order valence-corrected chi connectivity index (χ4v) is 2.93. The summed E-state index contributed by atoms with van der Waals surface area (Å²) in [4.78, 5) is 17.0. The third-order valence-electron chi connectivity index (χ3n) is 3.99. The molecule has 5 heteroatoms. The van der Waals surface area contributed by atoms with E-state index in [1.54, 1.807) is 32.4 Å². The molecule has 1 aliphatic rings. The van der Waals surface area contributed by atoms with Crippen LogP contribution in [0.5, 0.6) is 11.5 Å². The summed E-state index contributed by atoms with van der Waals surface area (Å²) in [7, 11) is 3.17. The first-order valence-corrected chi connectivity index (χ1v) is 8.08. The highest BCUT2D eigenvalue weighted by Gasteiger charge is 2.25. The molecule has 0 saturated carbocycles. The second-order valence-electron chi connectivity index (χ2n) is 7.20. The van der Waals surface area contributed by atoms with Crippen molar-refractivity contribution in [1.82, 2.24) is 9.80 Å². The summed E-state index contributed by atoms with van der Waals surface area (Å²) in [5.74, 6) is 1.28. The fraction of sp³-hybridized carbons (Fsp3) is 0.611. The van der Waals surface area contributed by atoms with Crippen LogP contribution in [0.2, 0.25) is 0 Å². The van der Waals surface area contributed by atoms with E-state index in [1.807, 2.05) is 4.90 Å². The molecule has 0 aliphatic carbocycles. The van der Waals surface area contributed by atoms with E-state index >= 15 is 0 Å². The molecule has 2 rings (SSSR count). The van der Waals surface area contributed by atoms with Crippen LogP contribution in [0.15, 0.2) is 18.2 Å². The second kappa shape index (κ2) is 7.21. The molecule has 0 radical (unpaired) electrons. The molecule has 0 aromatic heterocycles. The Bertz CT molecular complexity index is 544. The van der Waals surface area contributed by atoms with Gasteiger partial charge in [0.1, 0.15) is 0 Å². The predicted octanol–water partition coefficient (Wildman–Crippen LogP) is 2.51. The summed E-state index contributed by atoms with van der Waals surface area (Å²) in [5, 5.41) is 0. The maximum Gasteiger partial charge on any atom is 0.254 e. The van der Waals surface area contributed by atoms with Crippen LogP contribution in [-0.2, 0) is 0 Å². The molecular formula is C18H28N2O3. The number of piperazine rings is 1. The Hall–Kier alpha value is -1.75. The molecule has 0 atom stereocenters. The van der Waals surface area contributed by atoms with Crippen molar-refractivity contribution < 1.29 is 14.3 Å². The molecular weight excluding hydrogens is 292 g/mol. The molecule has 128 valence electrons. The van der Waals surface area contributed by atoms with Crippen molar-refractivity contribution in [3.8, 4) is 11.5 Å². The monoisotopic (exact) mass is 320 g/mol. The summed E-state index contributed by atoms with van der Waals surface area (Å²) in [5.41, 5.74) is 0.933. The average molecular weight is 320 g/mol. The van der Waals surface area contributed by atoms with Gasteiger partial charge in [-0.05, 0) is 23.6 Å². The SMILES string of the molecule is COc1ccc(C(=O)N2CCN(CC(C)(C)C)CC2)cc1OC. The Morgan fingerprint density at radius 3 is 2.17 bits per heavy atom. The second-order valence-corrected chi connectivity index (χ2v) is 7.20. The lowest BCUT2D eigenvalue weighted by atomic mass is 9.96. The zero-order chi connectivity index (χ0) is 17.0. The van der Waals surface area contributed by atoms with E-state index in [0.29, 0.717) is 17.1 Å². The maximum atomic E-state index is 12.7. The molecule has 1 amide bonds. The smallest absolute Gasteiger partial charge is 0.254 e. The number of hydrogen-bond donors (Lipinski definition) is 0. The molecule has 1 saturated heterocycles. The first kappa shape index (κ1) is 17.6. The summed E-state index contributed by atoms with van der Waals surface area (Å²) < 4.78 is 10.5. The van der Waals surface area contributed by atoms with Crippen LogP contribution < -0.4 is 9.47 Å². The molecule has 1 heterocycles. The van der Waals surface area contributed by atoms with Gasteiger partial charge in [-0.1, -0.05) is 20.8 Å². The van der Waals surface area contributed by atoms with E-state index in [2.05, 4.69) is 25.7 Å². The summed E-state index contributed by atoms with van der Waals surface area (Å²) in [6, 6.07) is 5.33. The minimum absolute atomic E-state index is 0.0568. The van der Waals surface area contributed by atoms with Gasteiger partial charge in [0.25, 0.3) is 5.91 Å². The highest BCUT2D eigenvalue weighted by molar-refractivity contribution is 5.95. The highest BCUT2D eigenvalue weighted by atomic mass is 16.5. The lowest BCUT2D eigenvalue weighted by Crippen LogP contribution is -2.50. The molecule has 0 N–H and O–H groups in total. The van der Waals surface area contributed by atoms with Gasteiger partial charge in [0.05, 0.1) is 14.2 Å². The van der Waals surface area contributed by atoms with Gasteiger partial charge >= 0.3 is 0 Å². The number of amides is 1. The summed E-state index contributed by atoms with van der Waals surface area (Å²) >= 11 is 0. The number of carbonyl (C=O) groups is 1. The van der Waals surface area contributed by atoms with Crippen LogP contribution in [0.3, 0.4) is 0 Å². The van der Waals surface area contributed by atoms with Crippen LogP contribution in [0.4, 0.5) is 0 Å². The van der Waals surface area contributed by atoms with Gasteiger partial charge in [-0.3, -0.25) is 9.69 Å². The van der Waals surface area contributed by atoms with Gasteiger partial charge in [-0.25, -0.2) is 0 Å². The molecule has 1 aromatic rings. The summed E-state index contributed by atoms with van der Waals surface area (Å²) in [6.07, 6.45) is 0. The molecule has 0 bridgehead atoms. The van der Waals surface area contributed by atoms with Crippen molar-refractivity contribution in [2.75, 3.05) is 46.9 Å². The number of methoxy groups -OCH3 is 2. The number of rotatable bonds is 4. The third-order valence-corrected chi connectivity index (χ3v) is 3.99. The van der Waals surface area contributed by atoms with Gasteiger partial charge in [0, 0.05) is 38.3 Å². The molecule has 5 nitrogen and oxygen atoms in total. The Balaban J connectivity index is 2.00. The quantitative estimate of drug-likeness (QED) is 0.855. The Labute approximate surface area is 139 Å². The number of hydrogen-bond acceptors (Lipinski definition) is 4. The molecule has 0 spiro atoms. The van der Waals surface area contributed by atoms with Crippen molar-refractivity contribution in [2.45, 2.75) is 20.8 Å². The summed E-state index contributed by atoms with van der Waals surface area (Å²) in [6.45, 7) is 11.2. The molecule has 1 aliphatic heterocycles. The van der Waals surface area contributed by atoms with Crippen LogP contribution in [0.25, 0.3) is 0 Å². The molecule has 1 fully saturated rings. The Kier molecular flexibility index (Phi) is 5.52. The average Bonchev–Trinajstić information content (AvgIpc) is 2.52. The topological polar surface area (TPSA) is 42.0 Å². The molecule has 23 heavy (non-hydrogen) atoms. The van der Waals surface area contributed by atoms with Crippen LogP contribution >= 0.6 is 0 Å². The van der Waals surface area contributed by atoms with E-state index in [4.69, 9.17) is 9.47 Å². The Morgan fingerprint density at radius 1 is 1.04 bits per heavy atom. The van der Waals surface area contributed by atoms with E-state index in [1.165, 1.54) is 0 Å². The lowest BCUT2D eigenvalue weighted by molar-refractivity contribution is 0.0591.